The highest BCUT2D eigenvalue weighted by Gasteiger charge is 2.28. The molecule has 10 heteroatoms. The first-order valence-corrected chi connectivity index (χ1v) is 14.4. The molecule has 0 saturated carbocycles. The molecule has 0 radical (unpaired) electrons. The zero-order valence-corrected chi connectivity index (χ0v) is 21.4. The number of aromatic amines is 1. The summed E-state index contributed by atoms with van der Waals surface area (Å²) in [7, 11) is -3.37. The topological polar surface area (TPSA) is 93.8 Å². The average Bonchev–Trinajstić information content (AvgIpc) is 3.58. The summed E-state index contributed by atoms with van der Waals surface area (Å²) in [6, 6.07) is 16.2. The maximum atomic E-state index is 13.5. The number of fused-ring (bicyclic) bond motifs is 1. The smallest absolute Gasteiger partial charge is 0.258 e. The standard InChI is InChI=1S/C26H26N4O4S2/c1-36(33,34)24-5-3-2-4-23(24)28-11-13-29(14-12-28)25(31)17-30(21-9-15-35-18-21)26(32)20-7-6-19-8-10-27-22(19)16-20/h2-10,15-16,18,27H,11-14,17H2,1H3. The molecule has 0 aliphatic carbocycles. The van der Waals surface area contributed by atoms with Crippen LogP contribution in [0.5, 0.6) is 0 Å². The van der Waals surface area contributed by atoms with Crippen LogP contribution in [0, 0.1) is 0 Å². The Bertz CT molecular complexity index is 1500. The fourth-order valence-corrected chi connectivity index (χ4v) is 6.04. The fraction of sp³-hybridized carbons (Fsp3) is 0.231. The van der Waals surface area contributed by atoms with Gasteiger partial charge in [-0.3, -0.25) is 14.5 Å². The Morgan fingerprint density at radius 1 is 1.03 bits per heavy atom. The number of rotatable bonds is 6. The van der Waals surface area contributed by atoms with E-state index >= 15 is 0 Å². The molecule has 0 atom stereocenters. The lowest BCUT2D eigenvalue weighted by Gasteiger charge is -2.37. The second-order valence-corrected chi connectivity index (χ2v) is 11.5. The molecule has 1 aliphatic rings. The quantitative estimate of drug-likeness (QED) is 0.417. The van der Waals surface area contributed by atoms with Crippen molar-refractivity contribution >= 4 is 55.3 Å². The van der Waals surface area contributed by atoms with Crippen molar-refractivity contribution in [2.24, 2.45) is 0 Å². The number of carbonyl (C=O) groups excluding carboxylic acids is 2. The molecule has 5 rings (SSSR count). The molecule has 1 aliphatic heterocycles. The van der Waals surface area contributed by atoms with Crippen LogP contribution in [-0.2, 0) is 14.6 Å². The van der Waals surface area contributed by atoms with Gasteiger partial charge >= 0.3 is 0 Å². The highest BCUT2D eigenvalue weighted by Crippen LogP contribution is 2.27. The van der Waals surface area contributed by atoms with Crippen LogP contribution in [0.2, 0.25) is 0 Å². The molecule has 2 aromatic heterocycles. The summed E-state index contributed by atoms with van der Waals surface area (Å²) in [4.78, 5) is 35.4. The van der Waals surface area contributed by atoms with Crippen LogP contribution in [0.4, 0.5) is 11.4 Å². The van der Waals surface area contributed by atoms with Crippen molar-refractivity contribution in [1.29, 1.82) is 0 Å². The summed E-state index contributed by atoms with van der Waals surface area (Å²) in [6.07, 6.45) is 3.03. The number of anilines is 2. The molecule has 1 N–H and O–H groups in total. The van der Waals surface area contributed by atoms with E-state index in [4.69, 9.17) is 0 Å². The van der Waals surface area contributed by atoms with Gasteiger partial charge in [-0.1, -0.05) is 18.2 Å². The number of thiophene rings is 1. The summed E-state index contributed by atoms with van der Waals surface area (Å²) >= 11 is 1.47. The molecule has 1 saturated heterocycles. The normalized spacial score (nSPS) is 14.2. The molecule has 2 aromatic carbocycles. The first kappa shape index (κ1) is 24.1. The lowest BCUT2D eigenvalue weighted by molar-refractivity contribution is -0.129. The number of aromatic nitrogens is 1. The Balaban J connectivity index is 1.30. The minimum absolute atomic E-state index is 0.0712. The van der Waals surface area contributed by atoms with E-state index in [0.717, 1.165) is 10.9 Å². The van der Waals surface area contributed by atoms with E-state index in [-0.39, 0.29) is 23.3 Å². The Morgan fingerprint density at radius 2 is 1.81 bits per heavy atom. The SMILES string of the molecule is CS(=O)(=O)c1ccccc1N1CCN(C(=O)CN(C(=O)c2ccc3cc[nH]c3c2)c2ccsc2)CC1. The number of H-pyrrole nitrogens is 1. The van der Waals surface area contributed by atoms with Gasteiger partial charge < -0.3 is 14.8 Å². The number of sulfone groups is 1. The van der Waals surface area contributed by atoms with Crippen LogP contribution in [0.3, 0.4) is 0 Å². The van der Waals surface area contributed by atoms with Gasteiger partial charge in [-0.25, -0.2) is 8.42 Å². The molecule has 0 spiro atoms. The number of benzene rings is 2. The Morgan fingerprint density at radius 3 is 2.53 bits per heavy atom. The van der Waals surface area contributed by atoms with Gasteiger partial charge in [0.15, 0.2) is 9.84 Å². The van der Waals surface area contributed by atoms with Crippen LogP contribution in [0.1, 0.15) is 10.4 Å². The minimum Gasteiger partial charge on any atom is -0.367 e. The molecular weight excluding hydrogens is 496 g/mol. The molecule has 0 unspecified atom stereocenters. The summed E-state index contributed by atoms with van der Waals surface area (Å²) in [5.41, 5.74) is 2.71. The lowest BCUT2D eigenvalue weighted by Crippen LogP contribution is -2.52. The van der Waals surface area contributed by atoms with Crippen LogP contribution in [-0.4, -0.2) is 69.1 Å². The first-order chi connectivity index (χ1) is 17.3. The van der Waals surface area contributed by atoms with Crippen molar-refractivity contribution in [2.75, 3.05) is 48.8 Å². The fourth-order valence-electron chi connectivity index (χ4n) is 4.49. The van der Waals surface area contributed by atoms with E-state index in [0.29, 0.717) is 43.1 Å². The molecule has 186 valence electrons. The molecule has 4 aromatic rings. The van der Waals surface area contributed by atoms with Crippen molar-refractivity contribution in [3.05, 3.63) is 77.1 Å². The van der Waals surface area contributed by atoms with E-state index in [1.54, 1.807) is 35.2 Å². The van der Waals surface area contributed by atoms with Gasteiger partial charge in [-0.2, -0.15) is 11.3 Å². The number of nitrogens with zero attached hydrogens (tertiary/aromatic N) is 3. The number of hydrogen-bond donors (Lipinski definition) is 1. The third-order valence-electron chi connectivity index (χ3n) is 6.40. The molecule has 2 amide bonds. The second kappa shape index (κ2) is 9.79. The summed E-state index contributed by atoms with van der Waals surface area (Å²) in [5.74, 6) is -0.384. The van der Waals surface area contributed by atoms with Crippen molar-refractivity contribution in [1.82, 2.24) is 9.88 Å². The third-order valence-corrected chi connectivity index (χ3v) is 8.21. The van der Waals surface area contributed by atoms with Gasteiger partial charge in [0.2, 0.25) is 5.91 Å². The number of para-hydroxylation sites is 1. The average molecular weight is 523 g/mol. The zero-order chi connectivity index (χ0) is 25.3. The molecule has 1 fully saturated rings. The van der Waals surface area contributed by atoms with Gasteiger partial charge in [0.25, 0.3) is 5.91 Å². The predicted molar refractivity (Wildman–Crippen MR) is 143 cm³/mol. The van der Waals surface area contributed by atoms with E-state index in [2.05, 4.69) is 4.98 Å². The number of nitrogens with one attached hydrogen (secondary N) is 1. The predicted octanol–water partition coefficient (Wildman–Crippen LogP) is 3.63. The van der Waals surface area contributed by atoms with Gasteiger partial charge in [-0.15, -0.1) is 0 Å². The van der Waals surface area contributed by atoms with Gasteiger partial charge in [0, 0.05) is 55.1 Å². The molecule has 3 heterocycles. The molecule has 8 nitrogen and oxygen atoms in total. The summed E-state index contributed by atoms with van der Waals surface area (Å²) in [6.45, 7) is 1.83. The second-order valence-electron chi connectivity index (χ2n) is 8.76. The third kappa shape index (κ3) is 4.87. The highest BCUT2D eigenvalue weighted by molar-refractivity contribution is 7.90. The number of amides is 2. The number of carbonyl (C=O) groups is 2. The van der Waals surface area contributed by atoms with Crippen molar-refractivity contribution in [3.63, 3.8) is 0 Å². The number of hydrogen-bond acceptors (Lipinski definition) is 6. The zero-order valence-electron chi connectivity index (χ0n) is 19.8. The van der Waals surface area contributed by atoms with Crippen molar-refractivity contribution in [2.45, 2.75) is 4.90 Å². The molecular formula is C26H26N4O4S2. The van der Waals surface area contributed by atoms with Gasteiger partial charge in [0.1, 0.15) is 6.54 Å². The van der Waals surface area contributed by atoms with Crippen molar-refractivity contribution in [3.8, 4) is 0 Å². The summed E-state index contributed by atoms with van der Waals surface area (Å²) < 4.78 is 24.4. The largest absolute Gasteiger partial charge is 0.367 e. The maximum absolute atomic E-state index is 13.5. The molecule has 36 heavy (non-hydrogen) atoms. The number of piperazine rings is 1. The minimum atomic E-state index is -3.37. The lowest BCUT2D eigenvalue weighted by atomic mass is 10.1. The van der Waals surface area contributed by atoms with Crippen LogP contribution >= 0.6 is 11.3 Å². The van der Waals surface area contributed by atoms with E-state index in [1.807, 2.05) is 46.1 Å². The van der Waals surface area contributed by atoms with Crippen LogP contribution in [0.25, 0.3) is 10.9 Å². The Hall–Kier alpha value is -3.63. The summed E-state index contributed by atoms with van der Waals surface area (Å²) in [5, 5.41) is 4.75. The van der Waals surface area contributed by atoms with Gasteiger partial charge in [-0.05, 0) is 47.2 Å². The van der Waals surface area contributed by atoms with Gasteiger partial charge in [0.05, 0.1) is 16.3 Å². The van der Waals surface area contributed by atoms with E-state index < -0.39 is 9.84 Å². The van der Waals surface area contributed by atoms with Crippen LogP contribution < -0.4 is 9.80 Å². The Labute approximate surface area is 213 Å². The monoisotopic (exact) mass is 522 g/mol. The molecule has 0 bridgehead atoms. The first-order valence-electron chi connectivity index (χ1n) is 11.5. The van der Waals surface area contributed by atoms with E-state index in [9.17, 15) is 18.0 Å². The maximum Gasteiger partial charge on any atom is 0.258 e. The van der Waals surface area contributed by atoms with E-state index in [1.165, 1.54) is 22.5 Å². The van der Waals surface area contributed by atoms with Crippen molar-refractivity contribution < 1.29 is 18.0 Å². The Kier molecular flexibility index (Phi) is 6.55. The highest BCUT2D eigenvalue weighted by atomic mass is 32.2. The van der Waals surface area contributed by atoms with Crippen LogP contribution in [0.15, 0.2) is 76.4 Å².